The van der Waals surface area contributed by atoms with E-state index < -0.39 is 0 Å². The van der Waals surface area contributed by atoms with E-state index in [0.717, 1.165) is 11.7 Å². The van der Waals surface area contributed by atoms with E-state index in [1.807, 2.05) is 6.07 Å². The molecule has 130 valence electrons. The van der Waals surface area contributed by atoms with E-state index in [1.54, 1.807) is 7.05 Å². The summed E-state index contributed by atoms with van der Waals surface area (Å²) in [6.07, 6.45) is 5.30. The van der Waals surface area contributed by atoms with Crippen molar-refractivity contribution >= 4 is 29.9 Å². The van der Waals surface area contributed by atoms with Crippen LogP contribution in [-0.2, 0) is 6.54 Å². The predicted molar refractivity (Wildman–Crippen MR) is 108 cm³/mol. The zero-order valence-electron chi connectivity index (χ0n) is 14.7. The SMILES string of the molecule is CN=C(NCc1ccccc1OC1CCCC1)NC(C)(C)C.I. The van der Waals surface area contributed by atoms with Crippen LogP contribution in [0.2, 0.25) is 0 Å². The first-order valence-corrected chi connectivity index (χ1v) is 8.21. The number of guanidine groups is 1. The molecule has 23 heavy (non-hydrogen) atoms. The molecule has 1 aromatic carbocycles. The summed E-state index contributed by atoms with van der Waals surface area (Å²) in [5.74, 6) is 1.80. The highest BCUT2D eigenvalue weighted by molar-refractivity contribution is 14.0. The van der Waals surface area contributed by atoms with Gasteiger partial charge < -0.3 is 15.4 Å². The predicted octanol–water partition coefficient (Wildman–Crippen LogP) is 4.09. The van der Waals surface area contributed by atoms with Crippen molar-refractivity contribution in [1.82, 2.24) is 10.6 Å². The van der Waals surface area contributed by atoms with Crippen LogP contribution in [0.5, 0.6) is 5.75 Å². The Balaban J connectivity index is 0.00000264. The summed E-state index contributed by atoms with van der Waals surface area (Å²) in [4.78, 5) is 4.28. The Morgan fingerprint density at radius 3 is 2.48 bits per heavy atom. The van der Waals surface area contributed by atoms with Crippen molar-refractivity contribution in [2.24, 2.45) is 4.99 Å². The minimum absolute atomic E-state index is 0. The summed E-state index contributed by atoms with van der Waals surface area (Å²) >= 11 is 0. The van der Waals surface area contributed by atoms with Crippen molar-refractivity contribution in [1.29, 1.82) is 0 Å². The number of ether oxygens (including phenoxy) is 1. The van der Waals surface area contributed by atoms with Crippen LogP contribution >= 0.6 is 24.0 Å². The summed E-state index contributed by atoms with van der Waals surface area (Å²) in [7, 11) is 1.79. The average molecular weight is 431 g/mol. The van der Waals surface area contributed by atoms with Crippen molar-refractivity contribution in [3.63, 3.8) is 0 Å². The fraction of sp³-hybridized carbons (Fsp3) is 0.611. The van der Waals surface area contributed by atoms with Crippen LogP contribution in [0.4, 0.5) is 0 Å². The first-order valence-electron chi connectivity index (χ1n) is 8.21. The van der Waals surface area contributed by atoms with Crippen LogP contribution in [0.1, 0.15) is 52.0 Å². The van der Waals surface area contributed by atoms with Gasteiger partial charge in [-0.2, -0.15) is 0 Å². The highest BCUT2D eigenvalue weighted by Gasteiger charge is 2.18. The number of benzene rings is 1. The average Bonchev–Trinajstić information content (AvgIpc) is 2.96. The highest BCUT2D eigenvalue weighted by Crippen LogP contribution is 2.26. The second-order valence-corrected chi connectivity index (χ2v) is 6.93. The molecular weight excluding hydrogens is 401 g/mol. The molecule has 0 atom stereocenters. The van der Waals surface area contributed by atoms with Crippen LogP contribution in [0.15, 0.2) is 29.3 Å². The van der Waals surface area contributed by atoms with Gasteiger partial charge in [-0.25, -0.2) is 0 Å². The highest BCUT2D eigenvalue weighted by atomic mass is 127. The zero-order valence-corrected chi connectivity index (χ0v) is 17.0. The van der Waals surface area contributed by atoms with Crippen molar-refractivity contribution in [2.45, 2.75) is 64.6 Å². The summed E-state index contributed by atoms with van der Waals surface area (Å²) in [5, 5.41) is 6.73. The maximum absolute atomic E-state index is 6.17. The molecule has 0 unspecified atom stereocenters. The number of aliphatic imine (C=N–C) groups is 1. The van der Waals surface area contributed by atoms with Crippen LogP contribution in [0.25, 0.3) is 0 Å². The molecule has 1 aliphatic carbocycles. The topological polar surface area (TPSA) is 45.7 Å². The molecule has 5 heteroatoms. The Morgan fingerprint density at radius 2 is 1.87 bits per heavy atom. The van der Waals surface area contributed by atoms with Crippen LogP contribution in [-0.4, -0.2) is 24.7 Å². The molecular formula is C18H30IN3O. The van der Waals surface area contributed by atoms with Gasteiger partial charge in [0.25, 0.3) is 0 Å². The third kappa shape index (κ3) is 6.97. The third-order valence-corrected chi connectivity index (χ3v) is 3.73. The molecule has 0 spiro atoms. The molecule has 1 aromatic rings. The van der Waals surface area contributed by atoms with E-state index in [1.165, 1.54) is 31.2 Å². The number of rotatable bonds is 4. The van der Waals surface area contributed by atoms with Gasteiger partial charge in [-0.1, -0.05) is 18.2 Å². The fourth-order valence-electron chi connectivity index (χ4n) is 2.66. The monoisotopic (exact) mass is 431 g/mol. The maximum atomic E-state index is 6.17. The lowest BCUT2D eigenvalue weighted by molar-refractivity contribution is 0.208. The number of halogens is 1. The van der Waals surface area contributed by atoms with E-state index in [2.05, 4.69) is 54.6 Å². The first-order chi connectivity index (χ1) is 10.5. The van der Waals surface area contributed by atoms with Crippen molar-refractivity contribution < 1.29 is 4.74 Å². The minimum atomic E-state index is -0.0122. The van der Waals surface area contributed by atoms with Crippen LogP contribution < -0.4 is 15.4 Å². The Morgan fingerprint density at radius 1 is 1.22 bits per heavy atom. The Hall–Kier alpha value is -0.980. The summed E-state index contributed by atoms with van der Waals surface area (Å²) in [5.41, 5.74) is 1.16. The molecule has 0 saturated heterocycles. The molecule has 0 aliphatic heterocycles. The number of nitrogens with zero attached hydrogens (tertiary/aromatic N) is 1. The van der Waals surface area contributed by atoms with Gasteiger partial charge in [-0.15, -0.1) is 24.0 Å². The van der Waals surface area contributed by atoms with Gasteiger partial charge in [0.2, 0.25) is 0 Å². The first kappa shape index (κ1) is 20.1. The number of hydrogen-bond donors (Lipinski definition) is 2. The van der Waals surface area contributed by atoms with E-state index in [0.29, 0.717) is 12.6 Å². The summed E-state index contributed by atoms with van der Waals surface area (Å²) < 4.78 is 6.17. The second kappa shape index (κ2) is 9.35. The number of para-hydroxylation sites is 1. The molecule has 4 nitrogen and oxygen atoms in total. The fourth-order valence-corrected chi connectivity index (χ4v) is 2.66. The molecule has 0 amide bonds. The van der Waals surface area contributed by atoms with Gasteiger partial charge in [0.1, 0.15) is 5.75 Å². The Bertz CT molecular complexity index is 505. The standard InChI is InChI=1S/C18H29N3O.HI/c1-18(2,3)21-17(19-4)20-13-14-9-5-8-12-16(14)22-15-10-6-7-11-15;/h5,8-9,12,15H,6-7,10-11,13H2,1-4H3,(H2,19,20,21);1H. The molecule has 0 aromatic heterocycles. The molecule has 2 rings (SSSR count). The van der Waals surface area contributed by atoms with Gasteiger partial charge in [-0.3, -0.25) is 4.99 Å². The van der Waals surface area contributed by atoms with E-state index in [-0.39, 0.29) is 29.5 Å². The molecule has 2 N–H and O–H groups in total. The van der Waals surface area contributed by atoms with Crippen LogP contribution in [0, 0.1) is 0 Å². The lowest BCUT2D eigenvalue weighted by Crippen LogP contribution is -2.47. The van der Waals surface area contributed by atoms with E-state index in [9.17, 15) is 0 Å². The number of hydrogen-bond acceptors (Lipinski definition) is 2. The second-order valence-electron chi connectivity index (χ2n) is 6.93. The molecule has 0 heterocycles. The molecule has 0 bridgehead atoms. The van der Waals surface area contributed by atoms with Gasteiger partial charge >= 0.3 is 0 Å². The smallest absolute Gasteiger partial charge is 0.191 e. The van der Waals surface area contributed by atoms with Gasteiger partial charge in [0, 0.05) is 24.7 Å². The normalized spacial score (nSPS) is 15.9. The lowest BCUT2D eigenvalue weighted by atomic mass is 10.1. The Labute approximate surface area is 157 Å². The molecule has 0 radical (unpaired) electrons. The van der Waals surface area contributed by atoms with E-state index >= 15 is 0 Å². The molecule has 1 saturated carbocycles. The number of nitrogens with one attached hydrogen (secondary N) is 2. The molecule has 1 fully saturated rings. The Kier molecular flexibility index (Phi) is 8.16. The third-order valence-electron chi connectivity index (χ3n) is 3.73. The van der Waals surface area contributed by atoms with Crippen LogP contribution in [0.3, 0.4) is 0 Å². The van der Waals surface area contributed by atoms with Gasteiger partial charge in [-0.05, 0) is 52.5 Å². The lowest BCUT2D eigenvalue weighted by Gasteiger charge is -2.24. The van der Waals surface area contributed by atoms with Crippen molar-refractivity contribution in [3.05, 3.63) is 29.8 Å². The maximum Gasteiger partial charge on any atom is 0.191 e. The summed E-state index contributed by atoms with van der Waals surface area (Å²) in [6.45, 7) is 7.07. The van der Waals surface area contributed by atoms with Gasteiger partial charge in [0.05, 0.1) is 6.10 Å². The van der Waals surface area contributed by atoms with E-state index in [4.69, 9.17) is 4.74 Å². The quantitative estimate of drug-likeness (QED) is 0.429. The van der Waals surface area contributed by atoms with Gasteiger partial charge in [0.15, 0.2) is 5.96 Å². The van der Waals surface area contributed by atoms with Crippen molar-refractivity contribution in [3.8, 4) is 5.75 Å². The summed E-state index contributed by atoms with van der Waals surface area (Å²) in [6, 6.07) is 8.27. The molecule has 1 aliphatic rings. The minimum Gasteiger partial charge on any atom is -0.490 e. The largest absolute Gasteiger partial charge is 0.490 e. The zero-order chi connectivity index (χ0) is 16.0. The van der Waals surface area contributed by atoms with Crippen molar-refractivity contribution in [2.75, 3.05) is 7.05 Å².